The van der Waals surface area contributed by atoms with E-state index in [9.17, 15) is 8.42 Å². The average Bonchev–Trinajstić information content (AvgIpc) is 3.09. The van der Waals surface area contributed by atoms with Gasteiger partial charge in [0.1, 0.15) is 0 Å². The second-order valence-corrected chi connectivity index (χ2v) is 6.83. The molecule has 1 aliphatic rings. The highest BCUT2D eigenvalue weighted by molar-refractivity contribution is 7.87. The van der Waals surface area contributed by atoms with E-state index in [1.165, 1.54) is 17.1 Å². The van der Waals surface area contributed by atoms with Crippen LogP contribution in [0.25, 0.3) is 0 Å². The Kier molecular flexibility index (Phi) is 5.46. The molecule has 0 unspecified atom stereocenters. The van der Waals surface area contributed by atoms with Gasteiger partial charge in [-0.3, -0.25) is 4.68 Å². The lowest BCUT2D eigenvalue weighted by atomic mass is 10.4. The summed E-state index contributed by atoms with van der Waals surface area (Å²) >= 11 is 0. The molecule has 8 nitrogen and oxygen atoms in total. The zero-order chi connectivity index (χ0) is 14.4. The first-order valence-electron chi connectivity index (χ1n) is 6.86. The van der Waals surface area contributed by atoms with Crippen molar-refractivity contribution in [2.24, 2.45) is 0 Å². The van der Waals surface area contributed by atoms with Gasteiger partial charge in [-0.1, -0.05) is 5.21 Å². The van der Waals surface area contributed by atoms with E-state index in [1.54, 1.807) is 24.1 Å². The van der Waals surface area contributed by atoms with Crippen LogP contribution >= 0.6 is 0 Å². The monoisotopic (exact) mass is 302 g/mol. The van der Waals surface area contributed by atoms with Gasteiger partial charge in [-0.05, 0) is 25.8 Å². The highest BCUT2D eigenvalue weighted by Crippen LogP contribution is 2.18. The molecule has 0 radical (unpaired) electrons. The normalized spacial score (nSPS) is 15.9. The summed E-state index contributed by atoms with van der Waals surface area (Å²) < 4.78 is 29.4. The molecule has 1 saturated carbocycles. The lowest BCUT2D eigenvalue weighted by Gasteiger charge is -2.17. The van der Waals surface area contributed by atoms with E-state index in [2.05, 4.69) is 20.4 Å². The molecular weight excluding hydrogens is 280 g/mol. The summed E-state index contributed by atoms with van der Waals surface area (Å²) in [6.07, 6.45) is 6.57. The molecule has 1 fully saturated rings. The summed E-state index contributed by atoms with van der Waals surface area (Å²) in [5.74, 6) is 0. The third-order valence-electron chi connectivity index (χ3n) is 3.17. The maximum atomic E-state index is 11.9. The zero-order valence-corrected chi connectivity index (χ0v) is 12.5. The quantitative estimate of drug-likeness (QED) is 0.551. The predicted octanol–water partition coefficient (Wildman–Crippen LogP) is -0.814. The zero-order valence-electron chi connectivity index (χ0n) is 11.7. The topological polar surface area (TPSA) is 92.2 Å². The Morgan fingerprint density at radius 2 is 2.20 bits per heavy atom. The fraction of sp³-hybridized carbons (Fsp3) is 0.818. The third-order valence-corrected chi connectivity index (χ3v) is 4.74. The first-order valence-corrected chi connectivity index (χ1v) is 8.30. The van der Waals surface area contributed by atoms with Crippen molar-refractivity contribution in [2.75, 3.05) is 26.7 Å². The summed E-state index contributed by atoms with van der Waals surface area (Å²) in [5, 5.41) is 10.8. The van der Waals surface area contributed by atoms with Gasteiger partial charge in [0.15, 0.2) is 0 Å². The molecule has 0 aliphatic heterocycles. The van der Waals surface area contributed by atoms with Crippen LogP contribution in [-0.2, 0) is 16.8 Å². The van der Waals surface area contributed by atoms with E-state index >= 15 is 0 Å². The van der Waals surface area contributed by atoms with Crippen molar-refractivity contribution >= 4 is 10.2 Å². The molecule has 114 valence electrons. The second kappa shape index (κ2) is 7.11. The summed E-state index contributed by atoms with van der Waals surface area (Å²) in [6.45, 7) is 2.15. The molecule has 0 spiro atoms. The summed E-state index contributed by atoms with van der Waals surface area (Å²) in [6, 6.07) is 0.665. The number of rotatable bonds is 10. The van der Waals surface area contributed by atoms with Gasteiger partial charge >= 0.3 is 0 Å². The minimum absolute atomic E-state index is 0.302. The fourth-order valence-corrected chi connectivity index (χ4v) is 2.71. The Morgan fingerprint density at radius 3 is 2.85 bits per heavy atom. The molecule has 2 N–H and O–H groups in total. The minimum Gasteiger partial charge on any atom is -0.314 e. The number of nitrogens with one attached hydrogen (secondary N) is 2. The average molecular weight is 302 g/mol. The molecule has 0 aromatic carbocycles. The van der Waals surface area contributed by atoms with Gasteiger partial charge in [-0.25, -0.2) is 4.72 Å². The fourth-order valence-electron chi connectivity index (χ4n) is 1.77. The number of nitrogens with zero attached hydrogens (tertiary/aromatic N) is 4. The molecule has 1 aromatic heterocycles. The first kappa shape index (κ1) is 15.4. The molecule has 1 aliphatic carbocycles. The molecule has 1 aromatic rings. The van der Waals surface area contributed by atoms with Crippen LogP contribution in [0.2, 0.25) is 0 Å². The molecule has 0 atom stereocenters. The van der Waals surface area contributed by atoms with Gasteiger partial charge in [0, 0.05) is 32.4 Å². The number of hydrogen-bond acceptors (Lipinski definition) is 5. The molecular formula is C11H22N6O2S. The van der Waals surface area contributed by atoms with Crippen LogP contribution in [0, 0.1) is 0 Å². The summed E-state index contributed by atoms with van der Waals surface area (Å²) in [5.41, 5.74) is 0. The van der Waals surface area contributed by atoms with Crippen LogP contribution in [0.15, 0.2) is 12.4 Å². The number of hydrogen-bond donors (Lipinski definition) is 2. The van der Waals surface area contributed by atoms with Gasteiger partial charge in [-0.15, -0.1) is 5.10 Å². The van der Waals surface area contributed by atoms with E-state index in [-0.39, 0.29) is 0 Å². The van der Waals surface area contributed by atoms with Crippen molar-refractivity contribution in [2.45, 2.75) is 31.8 Å². The second-order valence-electron chi connectivity index (χ2n) is 4.97. The Bertz CT molecular complexity index is 485. The van der Waals surface area contributed by atoms with Crippen molar-refractivity contribution in [1.29, 1.82) is 0 Å². The van der Waals surface area contributed by atoms with Crippen molar-refractivity contribution in [3.63, 3.8) is 0 Å². The molecule has 0 saturated heterocycles. The van der Waals surface area contributed by atoms with Gasteiger partial charge in [-0.2, -0.15) is 12.7 Å². The number of aromatic nitrogens is 3. The smallest absolute Gasteiger partial charge is 0.279 e. The van der Waals surface area contributed by atoms with Crippen LogP contribution in [0.4, 0.5) is 0 Å². The molecule has 2 rings (SSSR count). The van der Waals surface area contributed by atoms with Crippen molar-refractivity contribution in [1.82, 2.24) is 29.3 Å². The van der Waals surface area contributed by atoms with Crippen LogP contribution in [-0.4, -0.2) is 60.4 Å². The lowest BCUT2D eigenvalue weighted by Crippen LogP contribution is -2.40. The molecule has 0 amide bonds. The van der Waals surface area contributed by atoms with Gasteiger partial charge < -0.3 is 5.32 Å². The Labute approximate surface area is 119 Å². The maximum Gasteiger partial charge on any atom is 0.279 e. The van der Waals surface area contributed by atoms with Gasteiger partial charge in [0.2, 0.25) is 0 Å². The van der Waals surface area contributed by atoms with E-state index in [0.717, 1.165) is 13.0 Å². The van der Waals surface area contributed by atoms with Crippen LogP contribution in [0.5, 0.6) is 0 Å². The van der Waals surface area contributed by atoms with Crippen molar-refractivity contribution < 1.29 is 8.42 Å². The highest BCUT2D eigenvalue weighted by Gasteiger charge is 2.20. The Balaban J connectivity index is 1.62. The van der Waals surface area contributed by atoms with Crippen LogP contribution in [0.3, 0.4) is 0 Å². The minimum atomic E-state index is -3.40. The maximum absolute atomic E-state index is 11.9. The molecule has 20 heavy (non-hydrogen) atoms. The van der Waals surface area contributed by atoms with E-state index in [0.29, 0.717) is 25.7 Å². The summed E-state index contributed by atoms with van der Waals surface area (Å²) in [4.78, 5) is 0. The molecule has 0 bridgehead atoms. The first-order chi connectivity index (χ1) is 9.58. The summed E-state index contributed by atoms with van der Waals surface area (Å²) in [7, 11) is -1.81. The van der Waals surface area contributed by atoms with Crippen molar-refractivity contribution in [3.05, 3.63) is 12.4 Å². The van der Waals surface area contributed by atoms with Gasteiger partial charge in [0.25, 0.3) is 10.2 Å². The third kappa shape index (κ3) is 5.16. The standard InChI is InChI=1S/C11H22N6O2S/c1-16(8-2-5-12-11-3-4-11)20(18,19)14-7-10-17-9-6-13-15-17/h6,9,11-12,14H,2-5,7-8,10H2,1H3. The highest BCUT2D eigenvalue weighted by atomic mass is 32.2. The van der Waals surface area contributed by atoms with E-state index in [1.807, 2.05) is 0 Å². The largest absolute Gasteiger partial charge is 0.314 e. The molecule has 1 heterocycles. The van der Waals surface area contributed by atoms with Crippen LogP contribution in [0.1, 0.15) is 19.3 Å². The van der Waals surface area contributed by atoms with Crippen LogP contribution < -0.4 is 10.0 Å². The van der Waals surface area contributed by atoms with E-state index in [4.69, 9.17) is 0 Å². The van der Waals surface area contributed by atoms with Gasteiger partial charge in [0.05, 0.1) is 12.7 Å². The Morgan fingerprint density at radius 1 is 1.40 bits per heavy atom. The SMILES string of the molecule is CN(CCCNC1CC1)S(=O)(=O)NCCn1ccnn1. The van der Waals surface area contributed by atoms with E-state index < -0.39 is 10.2 Å². The van der Waals surface area contributed by atoms with Crippen molar-refractivity contribution in [3.8, 4) is 0 Å². The Hall–Kier alpha value is -1.03. The predicted molar refractivity (Wildman–Crippen MR) is 75.2 cm³/mol. The lowest BCUT2D eigenvalue weighted by molar-refractivity contribution is 0.441. The molecule has 9 heteroatoms.